The number of ether oxygens (including phenoxy) is 2. The Morgan fingerprint density at radius 3 is 2.48 bits per heavy atom. The van der Waals surface area contributed by atoms with Crippen LogP contribution in [0.25, 0.3) is 0 Å². The van der Waals surface area contributed by atoms with Crippen LogP contribution in [0.5, 0.6) is 17.4 Å². The Morgan fingerprint density at radius 1 is 0.957 bits per heavy atom. The maximum Gasteiger partial charge on any atom is 0.233 e. The lowest BCUT2D eigenvalue weighted by molar-refractivity contribution is 0.391. The molecule has 0 spiro atoms. The Kier molecular flexibility index (Phi) is 4.63. The third-order valence-corrected chi connectivity index (χ3v) is 3.10. The summed E-state index contributed by atoms with van der Waals surface area (Å²) in [4.78, 5) is 4.01. The largest absolute Gasteiger partial charge is 0.480 e. The number of hydrogen-bond donors (Lipinski definition) is 1. The zero-order valence-corrected chi connectivity index (χ0v) is 12.6. The molecule has 116 valence electrons. The van der Waals surface area contributed by atoms with Gasteiger partial charge in [-0.3, -0.25) is 4.98 Å². The van der Waals surface area contributed by atoms with Gasteiger partial charge in [-0.15, -0.1) is 5.10 Å². The summed E-state index contributed by atoms with van der Waals surface area (Å²) in [6, 6.07) is 15.0. The quantitative estimate of drug-likeness (QED) is 0.753. The molecule has 6 nitrogen and oxygen atoms in total. The van der Waals surface area contributed by atoms with E-state index in [2.05, 4.69) is 20.5 Å². The molecular formula is C17H16N4O2. The SMILES string of the molecule is COc1ccc(CNc2ccc(Oc3cccnc3)cc2)nn1. The maximum absolute atomic E-state index is 5.70. The van der Waals surface area contributed by atoms with E-state index < -0.39 is 0 Å². The summed E-state index contributed by atoms with van der Waals surface area (Å²) in [7, 11) is 1.57. The fourth-order valence-corrected chi connectivity index (χ4v) is 1.93. The van der Waals surface area contributed by atoms with Crippen LogP contribution in [0.1, 0.15) is 5.69 Å². The molecule has 0 aliphatic rings. The predicted octanol–water partition coefficient (Wildman–Crippen LogP) is 3.28. The van der Waals surface area contributed by atoms with Gasteiger partial charge in [0.15, 0.2) is 0 Å². The topological polar surface area (TPSA) is 69.2 Å². The van der Waals surface area contributed by atoms with Crippen molar-refractivity contribution in [2.45, 2.75) is 6.54 Å². The molecule has 0 aliphatic carbocycles. The van der Waals surface area contributed by atoms with Gasteiger partial charge in [0, 0.05) is 18.0 Å². The van der Waals surface area contributed by atoms with E-state index in [1.165, 1.54) is 0 Å². The molecule has 1 N–H and O–H groups in total. The number of benzene rings is 1. The highest BCUT2D eigenvalue weighted by atomic mass is 16.5. The van der Waals surface area contributed by atoms with E-state index in [1.54, 1.807) is 25.6 Å². The van der Waals surface area contributed by atoms with Crippen LogP contribution < -0.4 is 14.8 Å². The summed E-state index contributed by atoms with van der Waals surface area (Å²) < 4.78 is 10.7. The second-order valence-corrected chi connectivity index (χ2v) is 4.74. The van der Waals surface area contributed by atoms with Crippen molar-refractivity contribution in [1.29, 1.82) is 0 Å². The van der Waals surface area contributed by atoms with Crippen molar-refractivity contribution < 1.29 is 9.47 Å². The average Bonchev–Trinajstić information content (AvgIpc) is 2.62. The van der Waals surface area contributed by atoms with Gasteiger partial charge in [-0.05, 0) is 42.5 Å². The molecule has 0 saturated carbocycles. The maximum atomic E-state index is 5.70. The monoisotopic (exact) mass is 308 g/mol. The van der Waals surface area contributed by atoms with Crippen LogP contribution in [0.2, 0.25) is 0 Å². The Morgan fingerprint density at radius 2 is 1.83 bits per heavy atom. The van der Waals surface area contributed by atoms with E-state index in [1.807, 2.05) is 42.5 Å². The Balaban J connectivity index is 1.56. The number of nitrogens with zero attached hydrogens (tertiary/aromatic N) is 3. The first-order chi connectivity index (χ1) is 11.3. The molecule has 2 heterocycles. The Bertz CT molecular complexity index is 731. The summed E-state index contributed by atoms with van der Waals surface area (Å²) in [6.45, 7) is 0.583. The van der Waals surface area contributed by atoms with Crippen molar-refractivity contribution in [3.63, 3.8) is 0 Å². The van der Waals surface area contributed by atoms with Crippen LogP contribution in [0.4, 0.5) is 5.69 Å². The summed E-state index contributed by atoms with van der Waals surface area (Å²) in [5.41, 5.74) is 1.81. The zero-order chi connectivity index (χ0) is 15.9. The summed E-state index contributed by atoms with van der Waals surface area (Å²) in [5, 5.41) is 11.3. The number of rotatable bonds is 6. The molecule has 0 unspecified atom stereocenters. The van der Waals surface area contributed by atoms with E-state index in [0.717, 1.165) is 17.1 Å². The molecule has 0 amide bonds. The molecule has 3 rings (SSSR count). The fraction of sp³-hybridized carbons (Fsp3) is 0.118. The van der Waals surface area contributed by atoms with Gasteiger partial charge in [-0.2, -0.15) is 5.10 Å². The van der Waals surface area contributed by atoms with Crippen molar-refractivity contribution in [3.8, 4) is 17.4 Å². The number of hydrogen-bond acceptors (Lipinski definition) is 6. The number of nitrogens with one attached hydrogen (secondary N) is 1. The first-order valence-electron chi connectivity index (χ1n) is 7.12. The first kappa shape index (κ1) is 14.8. The number of anilines is 1. The molecule has 0 fully saturated rings. The normalized spacial score (nSPS) is 10.1. The van der Waals surface area contributed by atoms with Gasteiger partial charge >= 0.3 is 0 Å². The number of methoxy groups -OCH3 is 1. The van der Waals surface area contributed by atoms with Gasteiger partial charge in [0.1, 0.15) is 11.5 Å². The van der Waals surface area contributed by atoms with E-state index >= 15 is 0 Å². The van der Waals surface area contributed by atoms with Crippen LogP contribution in [0, 0.1) is 0 Å². The van der Waals surface area contributed by atoms with E-state index in [9.17, 15) is 0 Å². The van der Waals surface area contributed by atoms with E-state index in [4.69, 9.17) is 9.47 Å². The highest BCUT2D eigenvalue weighted by Crippen LogP contribution is 2.22. The van der Waals surface area contributed by atoms with Crippen molar-refractivity contribution in [2.24, 2.45) is 0 Å². The van der Waals surface area contributed by atoms with Crippen LogP contribution in [-0.4, -0.2) is 22.3 Å². The Hall–Kier alpha value is -3.15. The third kappa shape index (κ3) is 4.16. The molecule has 0 radical (unpaired) electrons. The highest BCUT2D eigenvalue weighted by molar-refractivity contribution is 5.47. The lowest BCUT2D eigenvalue weighted by atomic mass is 10.3. The summed E-state index contributed by atoms with van der Waals surface area (Å²) >= 11 is 0. The molecule has 6 heteroatoms. The number of aromatic nitrogens is 3. The third-order valence-electron chi connectivity index (χ3n) is 3.10. The minimum absolute atomic E-state index is 0.505. The van der Waals surface area contributed by atoms with Crippen molar-refractivity contribution in [1.82, 2.24) is 15.2 Å². The highest BCUT2D eigenvalue weighted by Gasteiger charge is 2.00. The molecule has 0 atom stereocenters. The predicted molar refractivity (Wildman–Crippen MR) is 86.7 cm³/mol. The molecule has 0 bridgehead atoms. The molecule has 3 aromatic rings. The van der Waals surface area contributed by atoms with Crippen molar-refractivity contribution in [2.75, 3.05) is 12.4 Å². The van der Waals surface area contributed by atoms with Crippen molar-refractivity contribution >= 4 is 5.69 Å². The van der Waals surface area contributed by atoms with Gasteiger partial charge < -0.3 is 14.8 Å². The lowest BCUT2D eigenvalue weighted by Gasteiger charge is -2.08. The van der Waals surface area contributed by atoms with Gasteiger partial charge in [0.2, 0.25) is 5.88 Å². The smallest absolute Gasteiger partial charge is 0.233 e. The Labute approximate surface area is 134 Å². The second-order valence-electron chi connectivity index (χ2n) is 4.74. The minimum atomic E-state index is 0.505. The van der Waals surface area contributed by atoms with E-state index in [-0.39, 0.29) is 0 Å². The average molecular weight is 308 g/mol. The van der Waals surface area contributed by atoms with Gasteiger partial charge in [-0.25, -0.2) is 0 Å². The van der Waals surface area contributed by atoms with Crippen molar-refractivity contribution in [3.05, 3.63) is 66.6 Å². The molecule has 1 aromatic carbocycles. The summed E-state index contributed by atoms with van der Waals surface area (Å²) in [5.74, 6) is 1.97. The molecular weight excluding hydrogens is 292 g/mol. The molecule has 2 aromatic heterocycles. The first-order valence-corrected chi connectivity index (χ1v) is 7.12. The number of pyridine rings is 1. The van der Waals surface area contributed by atoms with E-state index in [0.29, 0.717) is 18.2 Å². The van der Waals surface area contributed by atoms with Crippen LogP contribution >= 0.6 is 0 Å². The second kappa shape index (κ2) is 7.22. The zero-order valence-electron chi connectivity index (χ0n) is 12.6. The van der Waals surface area contributed by atoms with Crippen LogP contribution in [0.15, 0.2) is 60.9 Å². The van der Waals surface area contributed by atoms with Gasteiger partial charge in [-0.1, -0.05) is 0 Å². The standard InChI is InChI=1S/C17H16N4O2/c1-22-17-9-6-14(20-21-17)11-19-13-4-7-15(8-5-13)23-16-3-2-10-18-12-16/h2-10,12,19H,11H2,1H3. The fourth-order valence-electron chi connectivity index (χ4n) is 1.93. The molecule has 0 aliphatic heterocycles. The van der Waals surface area contributed by atoms with Crippen LogP contribution in [-0.2, 0) is 6.54 Å². The van der Waals surface area contributed by atoms with Gasteiger partial charge in [0.25, 0.3) is 0 Å². The lowest BCUT2D eigenvalue weighted by Crippen LogP contribution is -2.03. The van der Waals surface area contributed by atoms with Gasteiger partial charge in [0.05, 0.1) is 25.5 Å². The molecule has 23 heavy (non-hydrogen) atoms. The molecule has 0 saturated heterocycles. The van der Waals surface area contributed by atoms with Crippen LogP contribution in [0.3, 0.4) is 0 Å². The summed E-state index contributed by atoms with van der Waals surface area (Å²) in [6.07, 6.45) is 3.39. The minimum Gasteiger partial charge on any atom is -0.480 e.